The number of ether oxygens (including phenoxy) is 1. The normalized spacial score (nSPS) is 13.5. The fourth-order valence-electron chi connectivity index (χ4n) is 3.70. The molecule has 0 radical (unpaired) electrons. The highest BCUT2D eigenvalue weighted by Crippen LogP contribution is 2.42. The second-order valence-corrected chi connectivity index (χ2v) is 7.19. The summed E-state index contributed by atoms with van der Waals surface area (Å²) in [6, 6.07) is 12.0. The first kappa shape index (κ1) is 20.7. The Labute approximate surface area is 176 Å². The Morgan fingerprint density at radius 3 is 2.48 bits per heavy atom. The average Bonchev–Trinajstić information content (AvgIpc) is 3.23. The van der Waals surface area contributed by atoms with Crippen LogP contribution in [0.15, 0.2) is 54.6 Å². The van der Waals surface area contributed by atoms with Gasteiger partial charge in [0.1, 0.15) is 35.5 Å². The molecule has 1 aliphatic carbocycles. The van der Waals surface area contributed by atoms with Gasteiger partial charge in [0.05, 0.1) is 5.69 Å². The van der Waals surface area contributed by atoms with Gasteiger partial charge in [-0.2, -0.15) is 0 Å². The number of halogens is 3. The summed E-state index contributed by atoms with van der Waals surface area (Å²) < 4.78 is 47.0. The molecule has 158 valence electrons. The Morgan fingerprint density at radius 1 is 0.968 bits per heavy atom. The topological polar surface area (TPSA) is 59.4 Å². The number of hydrogen-bond acceptors (Lipinski definition) is 3. The third kappa shape index (κ3) is 4.45. The van der Waals surface area contributed by atoms with Crippen molar-refractivity contribution in [1.29, 1.82) is 0 Å². The molecule has 0 spiro atoms. The molecule has 0 fully saturated rings. The van der Waals surface area contributed by atoms with E-state index in [2.05, 4.69) is 4.98 Å². The Morgan fingerprint density at radius 2 is 1.71 bits per heavy atom. The SMILES string of the molecule is O=C(O)c1cccc(C2=C(c3cc(F)ccc3OCc3ccc(F)cc3F)CCC2)n1. The highest BCUT2D eigenvalue weighted by molar-refractivity contribution is 5.94. The summed E-state index contributed by atoms with van der Waals surface area (Å²) >= 11 is 0. The molecule has 0 saturated carbocycles. The van der Waals surface area contributed by atoms with E-state index in [-0.39, 0.29) is 17.9 Å². The van der Waals surface area contributed by atoms with Crippen molar-refractivity contribution in [3.63, 3.8) is 0 Å². The maximum absolute atomic E-state index is 14.1. The number of carboxylic acid groups (broad SMARTS) is 1. The first-order valence-electron chi connectivity index (χ1n) is 9.72. The number of nitrogens with zero attached hydrogens (tertiary/aromatic N) is 1. The number of aromatic carboxylic acids is 1. The molecule has 0 bridgehead atoms. The lowest BCUT2D eigenvalue weighted by Crippen LogP contribution is -2.03. The number of rotatable bonds is 6. The van der Waals surface area contributed by atoms with Crippen LogP contribution in [-0.4, -0.2) is 16.1 Å². The molecular weight excluding hydrogens is 407 g/mol. The molecule has 0 amide bonds. The minimum absolute atomic E-state index is 0.0706. The van der Waals surface area contributed by atoms with Gasteiger partial charge in [0, 0.05) is 17.2 Å². The summed E-state index contributed by atoms with van der Waals surface area (Å²) in [4.78, 5) is 15.5. The quantitative estimate of drug-likeness (QED) is 0.537. The van der Waals surface area contributed by atoms with Gasteiger partial charge in [-0.25, -0.2) is 22.9 Å². The van der Waals surface area contributed by atoms with Gasteiger partial charge in [-0.1, -0.05) is 6.07 Å². The number of hydrogen-bond donors (Lipinski definition) is 1. The third-order valence-electron chi connectivity index (χ3n) is 5.16. The van der Waals surface area contributed by atoms with Crippen LogP contribution in [0.1, 0.15) is 46.6 Å². The largest absolute Gasteiger partial charge is 0.488 e. The predicted octanol–water partition coefficient (Wildman–Crippen LogP) is 5.87. The number of aromatic nitrogens is 1. The maximum Gasteiger partial charge on any atom is 0.354 e. The van der Waals surface area contributed by atoms with Crippen LogP contribution in [0.4, 0.5) is 13.2 Å². The Balaban J connectivity index is 1.71. The average molecular weight is 425 g/mol. The first-order valence-corrected chi connectivity index (χ1v) is 9.72. The number of allylic oxidation sites excluding steroid dienone is 2. The second-order valence-electron chi connectivity index (χ2n) is 7.19. The van der Waals surface area contributed by atoms with Crippen molar-refractivity contribution < 1.29 is 27.8 Å². The zero-order valence-corrected chi connectivity index (χ0v) is 16.4. The molecule has 31 heavy (non-hydrogen) atoms. The minimum atomic E-state index is -1.13. The summed E-state index contributed by atoms with van der Waals surface area (Å²) in [7, 11) is 0. The van der Waals surface area contributed by atoms with Crippen molar-refractivity contribution in [1.82, 2.24) is 4.98 Å². The summed E-state index contributed by atoms with van der Waals surface area (Å²) in [5, 5.41) is 9.23. The molecule has 4 rings (SSSR count). The van der Waals surface area contributed by atoms with Gasteiger partial charge in [0.15, 0.2) is 0 Å². The Kier molecular flexibility index (Phi) is 5.75. The van der Waals surface area contributed by atoms with E-state index < -0.39 is 23.4 Å². The third-order valence-corrected chi connectivity index (χ3v) is 5.16. The van der Waals surface area contributed by atoms with E-state index in [9.17, 15) is 23.1 Å². The van der Waals surface area contributed by atoms with E-state index in [1.54, 1.807) is 12.1 Å². The molecule has 3 aromatic rings. The monoisotopic (exact) mass is 425 g/mol. The van der Waals surface area contributed by atoms with Gasteiger partial charge in [0.25, 0.3) is 0 Å². The van der Waals surface area contributed by atoms with Crippen LogP contribution in [0.3, 0.4) is 0 Å². The standard InChI is InChI=1S/C24H18F3NO3/c25-15-9-10-23(31-13-14-7-8-16(26)12-20(14)27)19(11-15)17-3-1-4-18(17)21-5-2-6-22(28-21)24(29)30/h2,5-12H,1,3-4,13H2,(H,29,30). The predicted molar refractivity (Wildman–Crippen MR) is 109 cm³/mol. The molecule has 4 nitrogen and oxygen atoms in total. The van der Waals surface area contributed by atoms with Crippen LogP contribution in [0.25, 0.3) is 11.1 Å². The smallest absolute Gasteiger partial charge is 0.354 e. The molecule has 0 atom stereocenters. The van der Waals surface area contributed by atoms with Crippen LogP contribution in [0.2, 0.25) is 0 Å². The van der Waals surface area contributed by atoms with Gasteiger partial charge in [-0.15, -0.1) is 0 Å². The number of carboxylic acids is 1. The van der Waals surface area contributed by atoms with Crippen molar-refractivity contribution in [3.8, 4) is 5.75 Å². The highest BCUT2D eigenvalue weighted by atomic mass is 19.1. The molecule has 0 unspecified atom stereocenters. The van der Waals surface area contributed by atoms with Crippen LogP contribution in [0, 0.1) is 17.5 Å². The summed E-state index contributed by atoms with van der Waals surface area (Å²) in [6.07, 6.45) is 2.10. The van der Waals surface area contributed by atoms with Crippen LogP contribution in [-0.2, 0) is 6.61 Å². The molecule has 1 heterocycles. The van der Waals surface area contributed by atoms with Gasteiger partial charge in [0.2, 0.25) is 0 Å². The van der Waals surface area contributed by atoms with Gasteiger partial charge in [-0.3, -0.25) is 0 Å². The lowest BCUT2D eigenvalue weighted by molar-refractivity contribution is 0.0690. The van der Waals surface area contributed by atoms with E-state index in [1.165, 1.54) is 30.3 Å². The van der Waals surface area contributed by atoms with Crippen LogP contribution < -0.4 is 4.74 Å². The highest BCUT2D eigenvalue weighted by Gasteiger charge is 2.23. The summed E-state index contributed by atoms with van der Waals surface area (Å²) in [5.41, 5.74) is 2.77. The summed E-state index contributed by atoms with van der Waals surface area (Å²) in [5.74, 6) is -2.63. The fraction of sp³-hybridized carbons (Fsp3) is 0.167. The lowest BCUT2D eigenvalue weighted by Gasteiger charge is -2.15. The lowest BCUT2D eigenvalue weighted by atomic mass is 9.98. The number of benzene rings is 2. The van der Waals surface area contributed by atoms with E-state index >= 15 is 0 Å². The molecule has 7 heteroatoms. The van der Waals surface area contributed by atoms with Crippen LogP contribution in [0.5, 0.6) is 5.75 Å². The molecule has 2 aromatic carbocycles. The van der Waals surface area contributed by atoms with Crippen molar-refractivity contribution in [2.75, 3.05) is 0 Å². The molecule has 1 aromatic heterocycles. The van der Waals surface area contributed by atoms with Crippen LogP contribution >= 0.6 is 0 Å². The van der Waals surface area contributed by atoms with E-state index in [1.807, 2.05) is 0 Å². The molecular formula is C24H18F3NO3. The fourth-order valence-corrected chi connectivity index (χ4v) is 3.70. The Bertz CT molecular complexity index is 1190. The van der Waals surface area contributed by atoms with Crippen molar-refractivity contribution in [2.24, 2.45) is 0 Å². The molecule has 0 aliphatic heterocycles. The van der Waals surface area contributed by atoms with Gasteiger partial charge < -0.3 is 9.84 Å². The molecule has 0 saturated heterocycles. The zero-order valence-electron chi connectivity index (χ0n) is 16.4. The van der Waals surface area contributed by atoms with Crippen molar-refractivity contribution >= 4 is 17.1 Å². The Hall–Kier alpha value is -3.61. The van der Waals surface area contributed by atoms with E-state index in [4.69, 9.17) is 4.74 Å². The van der Waals surface area contributed by atoms with Gasteiger partial charge >= 0.3 is 5.97 Å². The number of carbonyl (C=O) groups is 1. The summed E-state index contributed by atoms with van der Waals surface area (Å²) in [6.45, 7) is -0.153. The molecule has 1 aliphatic rings. The minimum Gasteiger partial charge on any atom is -0.488 e. The second kappa shape index (κ2) is 8.63. The van der Waals surface area contributed by atoms with Crippen molar-refractivity contribution in [2.45, 2.75) is 25.9 Å². The van der Waals surface area contributed by atoms with E-state index in [0.29, 0.717) is 29.8 Å². The number of pyridine rings is 1. The maximum atomic E-state index is 14.1. The van der Waals surface area contributed by atoms with Gasteiger partial charge in [-0.05, 0) is 72.9 Å². The zero-order chi connectivity index (χ0) is 22.0. The first-order chi connectivity index (χ1) is 14.9. The van der Waals surface area contributed by atoms with E-state index in [0.717, 1.165) is 29.7 Å². The molecule has 1 N–H and O–H groups in total. The van der Waals surface area contributed by atoms with Crippen molar-refractivity contribution in [3.05, 3.63) is 94.6 Å².